The summed E-state index contributed by atoms with van der Waals surface area (Å²) in [7, 11) is 0. The van der Waals surface area contributed by atoms with Gasteiger partial charge in [0.1, 0.15) is 11.4 Å². The third kappa shape index (κ3) is 2.56. The van der Waals surface area contributed by atoms with Crippen LogP contribution in [0, 0.1) is 0 Å². The number of benzene rings is 1. The highest BCUT2D eigenvalue weighted by atomic mass is 79.9. The van der Waals surface area contributed by atoms with Crippen molar-refractivity contribution in [3.8, 4) is 0 Å². The number of hydrogen-bond acceptors (Lipinski definition) is 3. The van der Waals surface area contributed by atoms with Crippen molar-refractivity contribution in [3.63, 3.8) is 0 Å². The molecule has 0 N–H and O–H groups in total. The Hall–Kier alpha value is -0.870. The monoisotopic (exact) mass is 266 g/mol. The Morgan fingerprint density at radius 3 is 2.50 bits per heavy atom. The first-order valence-electron chi connectivity index (χ1n) is 4.04. The highest BCUT2D eigenvalue weighted by Crippen LogP contribution is 2.26. The Morgan fingerprint density at radius 1 is 1.07 bits per heavy atom. The summed E-state index contributed by atoms with van der Waals surface area (Å²) in [5.74, 6) is 0. The van der Waals surface area contributed by atoms with Crippen molar-refractivity contribution in [1.29, 1.82) is 0 Å². The molecule has 0 aliphatic carbocycles. The van der Waals surface area contributed by atoms with Crippen LogP contribution in [-0.2, 0) is 0 Å². The first-order valence-corrected chi connectivity index (χ1v) is 5.65. The predicted molar refractivity (Wildman–Crippen MR) is 60.3 cm³/mol. The second kappa shape index (κ2) is 4.57. The molecule has 1 aromatic heterocycles. The van der Waals surface area contributed by atoms with E-state index in [-0.39, 0.29) is 0 Å². The quantitative estimate of drug-likeness (QED) is 0.780. The Kier molecular flexibility index (Phi) is 3.16. The molecule has 1 heterocycles. The highest BCUT2D eigenvalue weighted by molar-refractivity contribution is 9.10. The topological polar surface area (TPSA) is 25.8 Å². The van der Waals surface area contributed by atoms with Gasteiger partial charge in [0.15, 0.2) is 0 Å². The third-order valence-corrected chi connectivity index (χ3v) is 3.08. The van der Waals surface area contributed by atoms with Crippen LogP contribution in [-0.4, -0.2) is 9.97 Å². The van der Waals surface area contributed by atoms with E-state index in [1.54, 1.807) is 24.3 Å². The molecule has 0 saturated heterocycles. The minimum absolute atomic E-state index is 0.960. The fourth-order valence-electron chi connectivity index (χ4n) is 0.962. The van der Waals surface area contributed by atoms with Crippen LogP contribution in [0.4, 0.5) is 0 Å². The molecule has 0 radical (unpaired) electrons. The molecular weight excluding hydrogens is 260 g/mol. The minimum atomic E-state index is 0.960. The van der Waals surface area contributed by atoms with E-state index < -0.39 is 0 Å². The number of aromatic nitrogens is 2. The van der Waals surface area contributed by atoms with Crippen molar-refractivity contribution in [2.24, 2.45) is 0 Å². The molecule has 0 saturated carbocycles. The molecule has 0 aliphatic rings. The maximum atomic E-state index is 4.14. The smallest absolute Gasteiger partial charge is 0.116 e. The first-order chi connectivity index (χ1) is 6.84. The van der Waals surface area contributed by atoms with Crippen LogP contribution < -0.4 is 0 Å². The van der Waals surface area contributed by atoms with Gasteiger partial charge in [-0.05, 0) is 30.3 Å². The molecule has 2 aromatic rings. The van der Waals surface area contributed by atoms with E-state index in [1.165, 1.54) is 4.90 Å². The number of rotatable bonds is 2. The van der Waals surface area contributed by atoms with Crippen LogP contribution >= 0.6 is 27.7 Å². The lowest BCUT2D eigenvalue weighted by atomic mass is 10.4. The molecule has 0 spiro atoms. The second-order valence-corrected chi connectivity index (χ2v) is 4.61. The second-order valence-electron chi connectivity index (χ2n) is 2.60. The Morgan fingerprint density at radius 2 is 1.86 bits per heavy atom. The lowest BCUT2D eigenvalue weighted by Gasteiger charge is -1.99. The van der Waals surface area contributed by atoms with Crippen molar-refractivity contribution < 1.29 is 0 Å². The highest BCUT2D eigenvalue weighted by Gasteiger charge is 1.97. The Labute approximate surface area is 94.9 Å². The average Bonchev–Trinajstić information content (AvgIpc) is 2.23. The van der Waals surface area contributed by atoms with E-state index in [1.807, 2.05) is 18.2 Å². The van der Waals surface area contributed by atoms with Gasteiger partial charge in [-0.15, -0.1) is 0 Å². The molecule has 2 nitrogen and oxygen atoms in total. The average molecular weight is 267 g/mol. The van der Waals surface area contributed by atoms with Gasteiger partial charge in [-0.25, -0.2) is 9.97 Å². The zero-order chi connectivity index (χ0) is 9.80. The molecule has 0 atom stereocenters. The number of hydrogen-bond donors (Lipinski definition) is 0. The molecule has 0 fully saturated rings. The summed E-state index contributed by atoms with van der Waals surface area (Å²) in [4.78, 5) is 9.18. The SMILES string of the molecule is Brc1ccc(Sc2ccncn2)cc1. The molecule has 0 bridgehead atoms. The lowest BCUT2D eigenvalue weighted by molar-refractivity contribution is 1.05. The van der Waals surface area contributed by atoms with E-state index in [9.17, 15) is 0 Å². The molecule has 0 aliphatic heterocycles. The van der Waals surface area contributed by atoms with E-state index in [2.05, 4.69) is 38.0 Å². The van der Waals surface area contributed by atoms with E-state index >= 15 is 0 Å². The third-order valence-electron chi connectivity index (χ3n) is 1.59. The van der Waals surface area contributed by atoms with Gasteiger partial charge >= 0.3 is 0 Å². The predicted octanol–water partition coefficient (Wildman–Crippen LogP) is 3.39. The molecule has 70 valence electrons. The van der Waals surface area contributed by atoms with Gasteiger partial charge in [0.2, 0.25) is 0 Å². The maximum Gasteiger partial charge on any atom is 0.116 e. The maximum absolute atomic E-state index is 4.14. The van der Waals surface area contributed by atoms with Gasteiger partial charge in [-0.2, -0.15) is 0 Å². The molecular formula is C10H7BrN2S. The molecule has 0 unspecified atom stereocenters. The molecule has 4 heteroatoms. The first kappa shape index (κ1) is 9.68. The summed E-state index contributed by atoms with van der Waals surface area (Å²) >= 11 is 5.02. The largest absolute Gasteiger partial charge is 0.245 e. The fourth-order valence-corrected chi connectivity index (χ4v) is 1.97. The van der Waals surface area contributed by atoms with Crippen molar-refractivity contribution in [1.82, 2.24) is 9.97 Å². The minimum Gasteiger partial charge on any atom is -0.245 e. The van der Waals surface area contributed by atoms with Crippen LogP contribution in [0.3, 0.4) is 0 Å². The van der Waals surface area contributed by atoms with E-state index in [4.69, 9.17) is 0 Å². The van der Waals surface area contributed by atoms with Crippen LogP contribution in [0.25, 0.3) is 0 Å². The summed E-state index contributed by atoms with van der Waals surface area (Å²) in [6, 6.07) is 10.0. The number of nitrogens with zero attached hydrogens (tertiary/aromatic N) is 2. The molecule has 0 amide bonds. The van der Waals surface area contributed by atoms with Gasteiger partial charge in [0.25, 0.3) is 0 Å². The van der Waals surface area contributed by atoms with Gasteiger partial charge in [-0.3, -0.25) is 0 Å². The normalized spacial score (nSPS) is 10.1. The Balaban J connectivity index is 2.16. The van der Waals surface area contributed by atoms with Gasteiger partial charge in [0, 0.05) is 15.6 Å². The standard InChI is InChI=1S/C10H7BrN2S/c11-8-1-3-9(4-2-8)14-10-5-6-12-7-13-10/h1-7H. The van der Waals surface area contributed by atoms with E-state index in [0.717, 1.165) is 9.50 Å². The van der Waals surface area contributed by atoms with Crippen LogP contribution in [0.15, 0.2) is 57.3 Å². The lowest BCUT2D eigenvalue weighted by Crippen LogP contribution is -1.79. The van der Waals surface area contributed by atoms with Crippen molar-refractivity contribution in [2.75, 3.05) is 0 Å². The van der Waals surface area contributed by atoms with Gasteiger partial charge in [0.05, 0.1) is 0 Å². The van der Waals surface area contributed by atoms with Crippen molar-refractivity contribution in [2.45, 2.75) is 9.92 Å². The zero-order valence-corrected chi connectivity index (χ0v) is 9.62. The fraction of sp³-hybridized carbons (Fsp3) is 0. The molecule has 14 heavy (non-hydrogen) atoms. The summed E-state index contributed by atoms with van der Waals surface area (Å²) < 4.78 is 1.09. The number of halogens is 1. The summed E-state index contributed by atoms with van der Waals surface area (Å²) in [6.45, 7) is 0. The zero-order valence-electron chi connectivity index (χ0n) is 7.22. The Bertz CT molecular complexity index is 402. The summed E-state index contributed by atoms with van der Waals surface area (Å²) in [6.07, 6.45) is 3.30. The van der Waals surface area contributed by atoms with Crippen molar-refractivity contribution >= 4 is 27.7 Å². The summed E-state index contributed by atoms with van der Waals surface area (Å²) in [5, 5.41) is 0.960. The molecule has 2 rings (SSSR count). The van der Waals surface area contributed by atoms with Gasteiger partial charge < -0.3 is 0 Å². The van der Waals surface area contributed by atoms with Crippen molar-refractivity contribution in [3.05, 3.63) is 47.3 Å². The van der Waals surface area contributed by atoms with Crippen LogP contribution in [0.5, 0.6) is 0 Å². The van der Waals surface area contributed by atoms with Gasteiger partial charge in [-0.1, -0.05) is 27.7 Å². The summed E-state index contributed by atoms with van der Waals surface area (Å²) in [5.41, 5.74) is 0. The molecule has 1 aromatic carbocycles. The van der Waals surface area contributed by atoms with Crippen LogP contribution in [0.2, 0.25) is 0 Å². The van der Waals surface area contributed by atoms with E-state index in [0.29, 0.717) is 0 Å². The van der Waals surface area contributed by atoms with Crippen LogP contribution in [0.1, 0.15) is 0 Å².